The molecule has 124 valence electrons. The Kier molecular flexibility index (Phi) is 3.90. The largest absolute Gasteiger partial charge is 0.459 e. The zero-order valence-electron chi connectivity index (χ0n) is 13.5. The van der Waals surface area contributed by atoms with Crippen LogP contribution in [0.1, 0.15) is 29.1 Å². The van der Waals surface area contributed by atoms with E-state index in [1.807, 2.05) is 61.5 Å². The quantitative estimate of drug-likeness (QED) is 0.521. The third-order valence-electron chi connectivity index (χ3n) is 4.15. The first-order chi connectivity index (χ1) is 12.1. The minimum atomic E-state index is -0.273. The lowest BCUT2D eigenvalue weighted by Gasteiger charge is -2.13. The first kappa shape index (κ1) is 15.7. The highest BCUT2D eigenvalue weighted by Gasteiger charge is 2.18. The monoisotopic (exact) mass is 350 g/mol. The molecule has 0 spiro atoms. The van der Waals surface area contributed by atoms with Gasteiger partial charge in [-0.3, -0.25) is 4.79 Å². The maximum Gasteiger partial charge on any atom is 0.252 e. The Bertz CT molecular complexity index is 1050. The second-order valence-electron chi connectivity index (χ2n) is 5.89. The van der Waals surface area contributed by atoms with Crippen molar-refractivity contribution in [1.29, 1.82) is 0 Å². The van der Waals surface area contributed by atoms with Gasteiger partial charge in [0.25, 0.3) is 5.91 Å². The van der Waals surface area contributed by atoms with E-state index in [0.717, 1.165) is 16.4 Å². The summed E-state index contributed by atoms with van der Waals surface area (Å²) in [7, 11) is 0. The Morgan fingerprint density at radius 2 is 1.88 bits per heavy atom. The predicted octanol–water partition coefficient (Wildman–Crippen LogP) is 5.13. The summed E-state index contributed by atoms with van der Waals surface area (Å²) >= 11 is 6.07. The first-order valence-corrected chi connectivity index (χ1v) is 8.34. The summed E-state index contributed by atoms with van der Waals surface area (Å²) in [6, 6.07) is 18.5. The summed E-state index contributed by atoms with van der Waals surface area (Å²) in [6.45, 7) is 1.89. The Labute approximate surface area is 149 Å². The van der Waals surface area contributed by atoms with E-state index in [0.29, 0.717) is 22.0 Å². The summed E-state index contributed by atoms with van der Waals surface area (Å²) in [4.78, 5) is 17.0. The number of hydrogen-bond donors (Lipinski definition) is 1. The Morgan fingerprint density at radius 1 is 1.12 bits per heavy atom. The van der Waals surface area contributed by atoms with Crippen LogP contribution in [0.25, 0.3) is 21.9 Å². The molecule has 0 aliphatic heterocycles. The molecular weight excluding hydrogens is 336 g/mol. The minimum absolute atomic E-state index is 0.214. The molecule has 0 aliphatic carbocycles. The van der Waals surface area contributed by atoms with Crippen LogP contribution in [0.5, 0.6) is 0 Å². The third kappa shape index (κ3) is 2.96. The number of hydrogen-bond acceptors (Lipinski definition) is 3. The number of para-hydroxylation sites is 2. The van der Waals surface area contributed by atoms with Crippen LogP contribution in [0.2, 0.25) is 5.15 Å². The van der Waals surface area contributed by atoms with Gasteiger partial charge in [0.15, 0.2) is 0 Å². The third-order valence-corrected chi connectivity index (χ3v) is 4.34. The highest BCUT2D eigenvalue weighted by Crippen LogP contribution is 2.25. The molecule has 0 saturated carbocycles. The lowest BCUT2D eigenvalue weighted by molar-refractivity contribution is 0.0937. The van der Waals surface area contributed by atoms with E-state index in [1.165, 1.54) is 0 Å². The van der Waals surface area contributed by atoms with Crippen LogP contribution in [-0.2, 0) is 0 Å². The van der Waals surface area contributed by atoms with Gasteiger partial charge < -0.3 is 9.73 Å². The summed E-state index contributed by atoms with van der Waals surface area (Å²) in [5.41, 5.74) is 1.99. The van der Waals surface area contributed by atoms with Gasteiger partial charge in [-0.2, -0.15) is 0 Å². The Balaban J connectivity index is 1.65. The number of benzene rings is 2. The molecule has 4 rings (SSSR count). The second-order valence-corrected chi connectivity index (χ2v) is 6.28. The van der Waals surface area contributed by atoms with Crippen LogP contribution in [0.15, 0.2) is 65.1 Å². The van der Waals surface area contributed by atoms with Crippen molar-refractivity contribution in [1.82, 2.24) is 10.3 Å². The van der Waals surface area contributed by atoms with Crippen molar-refractivity contribution in [2.24, 2.45) is 0 Å². The Hall–Kier alpha value is -2.85. The van der Waals surface area contributed by atoms with Crippen LogP contribution in [0.4, 0.5) is 0 Å². The molecule has 1 N–H and O–H groups in total. The molecule has 0 saturated heterocycles. The Morgan fingerprint density at radius 3 is 2.72 bits per heavy atom. The number of fused-ring (bicyclic) bond motifs is 2. The molecule has 2 aromatic carbocycles. The molecule has 0 bridgehead atoms. The van der Waals surface area contributed by atoms with Crippen LogP contribution in [-0.4, -0.2) is 10.9 Å². The van der Waals surface area contributed by atoms with E-state index in [2.05, 4.69) is 10.3 Å². The molecule has 4 nitrogen and oxygen atoms in total. The maximum absolute atomic E-state index is 12.8. The van der Waals surface area contributed by atoms with E-state index in [1.54, 1.807) is 6.07 Å². The molecule has 2 aromatic heterocycles. The predicted molar refractivity (Wildman–Crippen MR) is 98.8 cm³/mol. The molecule has 0 aliphatic rings. The average Bonchev–Trinajstić information content (AvgIpc) is 3.05. The smallest absolute Gasteiger partial charge is 0.252 e. The van der Waals surface area contributed by atoms with Gasteiger partial charge in [0, 0.05) is 10.8 Å². The fourth-order valence-corrected chi connectivity index (χ4v) is 3.09. The van der Waals surface area contributed by atoms with Gasteiger partial charge in [-0.05, 0) is 31.2 Å². The highest BCUT2D eigenvalue weighted by molar-refractivity contribution is 6.30. The number of nitrogens with zero attached hydrogens (tertiary/aromatic N) is 1. The summed E-state index contributed by atoms with van der Waals surface area (Å²) in [5.74, 6) is 0.493. The SMILES string of the molecule is CC(NC(=O)c1cc(Cl)nc2ccccc12)c1cc2ccccc2o1. The average molecular weight is 351 g/mol. The van der Waals surface area contributed by atoms with Gasteiger partial charge in [0.05, 0.1) is 17.1 Å². The minimum Gasteiger partial charge on any atom is -0.459 e. The van der Waals surface area contributed by atoms with Gasteiger partial charge in [-0.25, -0.2) is 4.98 Å². The molecule has 2 heterocycles. The van der Waals surface area contributed by atoms with E-state index >= 15 is 0 Å². The van der Waals surface area contributed by atoms with Crippen molar-refractivity contribution in [2.45, 2.75) is 13.0 Å². The van der Waals surface area contributed by atoms with Crippen LogP contribution in [0, 0.1) is 0 Å². The van der Waals surface area contributed by atoms with Crippen molar-refractivity contribution < 1.29 is 9.21 Å². The van der Waals surface area contributed by atoms with Gasteiger partial charge in [0.2, 0.25) is 0 Å². The number of carbonyl (C=O) groups excluding carboxylic acids is 1. The fraction of sp³-hybridized carbons (Fsp3) is 0.100. The van der Waals surface area contributed by atoms with Crippen LogP contribution >= 0.6 is 11.6 Å². The molecule has 25 heavy (non-hydrogen) atoms. The molecule has 0 radical (unpaired) electrons. The van der Waals surface area contributed by atoms with E-state index < -0.39 is 0 Å². The van der Waals surface area contributed by atoms with Gasteiger partial charge in [0.1, 0.15) is 16.5 Å². The second kappa shape index (κ2) is 6.22. The number of halogens is 1. The first-order valence-electron chi connectivity index (χ1n) is 7.96. The van der Waals surface area contributed by atoms with Crippen molar-refractivity contribution in [3.63, 3.8) is 0 Å². The zero-order valence-corrected chi connectivity index (χ0v) is 14.2. The van der Waals surface area contributed by atoms with Crippen molar-refractivity contribution >= 4 is 39.4 Å². The number of pyridine rings is 1. The number of furan rings is 1. The number of rotatable bonds is 3. The summed E-state index contributed by atoms with van der Waals surface area (Å²) in [5, 5.41) is 5.04. The molecule has 0 fully saturated rings. The molecule has 4 aromatic rings. The maximum atomic E-state index is 12.8. The standard InChI is InChI=1S/C20H15ClN2O2/c1-12(18-10-13-6-2-5-9-17(13)25-18)22-20(24)15-11-19(21)23-16-8-4-3-7-14(15)16/h2-12H,1H3,(H,22,24). The number of nitrogens with one attached hydrogen (secondary N) is 1. The van der Waals surface area contributed by atoms with E-state index in [-0.39, 0.29) is 11.9 Å². The lowest BCUT2D eigenvalue weighted by atomic mass is 10.1. The molecule has 1 unspecified atom stereocenters. The van der Waals surface area contributed by atoms with Gasteiger partial charge in [-0.1, -0.05) is 48.0 Å². The lowest BCUT2D eigenvalue weighted by Crippen LogP contribution is -2.26. The van der Waals surface area contributed by atoms with Crippen molar-refractivity contribution in [3.05, 3.63) is 77.1 Å². The number of aromatic nitrogens is 1. The van der Waals surface area contributed by atoms with Crippen LogP contribution < -0.4 is 5.32 Å². The van der Waals surface area contributed by atoms with E-state index in [9.17, 15) is 4.79 Å². The molecular formula is C20H15ClN2O2. The number of carbonyl (C=O) groups is 1. The molecule has 1 atom stereocenters. The highest BCUT2D eigenvalue weighted by atomic mass is 35.5. The van der Waals surface area contributed by atoms with Crippen molar-refractivity contribution in [3.8, 4) is 0 Å². The summed E-state index contributed by atoms with van der Waals surface area (Å²) < 4.78 is 5.82. The van der Waals surface area contributed by atoms with Crippen molar-refractivity contribution in [2.75, 3.05) is 0 Å². The normalized spacial score (nSPS) is 12.4. The van der Waals surface area contributed by atoms with Gasteiger partial charge in [-0.15, -0.1) is 0 Å². The number of amides is 1. The van der Waals surface area contributed by atoms with E-state index in [4.69, 9.17) is 16.0 Å². The van der Waals surface area contributed by atoms with Gasteiger partial charge >= 0.3 is 0 Å². The molecule has 5 heteroatoms. The van der Waals surface area contributed by atoms with Crippen LogP contribution in [0.3, 0.4) is 0 Å². The zero-order chi connectivity index (χ0) is 17.4. The summed E-state index contributed by atoms with van der Waals surface area (Å²) in [6.07, 6.45) is 0. The fourth-order valence-electron chi connectivity index (χ4n) is 2.89. The molecule has 1 amide bonds. The topological polar surface area (TPSA) is 55.1 Å².